The molecule has 0 fully saturated rings. The number of rotatable bonds is 5. The molecule has 0 aliphatic heterocycles. The summed E-state index contributed by atoms with van der Waals surface area (Å²) in [4.78, 5) is 0.139. The predicted molar refractivity (Wildman–Crippen MR) is 73.7 cm³/mol. The first kappa shape index (κ1) is 13.8. The molecule has 2 aromatic rings. The SMILES string of the molecule is O=S(CS(=O)(=O)c1ccccc1)Oc1ccccc1. The Hall–Kier alpha value is -1.66. The van der Waals surface area contributed by atoms with Gasteiger partial charge in [0.05, 0.1) is 4.90 Å². The van der Waals surface area contributed by atoms with Crippen LogP contribution in [-0.2, 0) is 20.9 Å². The molecule has 0 amide bonds. The van der Waals surface area contributed by atoms with E-state index in [0.29, 0.717) is 5.75 Å². The lowest BCUT2D eigenvalue weighted by atomic mass is 10.3. The molecule has 4 nitrogen and oxygen atoms in total. The summed E-state index contributed by atoms with van der Waals surface area (Å²) in [6, 6.07) is 16.4. The molecule has 6 heteroatoms. The van der Waals surface area contributed by atoms with Crippen LogP contribution < -0.4 is 4.18 Å². The highest BCUT2D eigenvalue weighted by atomic mass is 32.3. The summed E-state index contributed by atoms with van der Waals surface area (Å²) in [7, 11) is -3.60. The van der Waals surface area contributed by atoms with Crippen LogP contribution in [0.15, 0.2) is 65.6 Å². The van der Waals surface area contributed by atoms with Crippen LogP contribution in [0.4, 0.5) is 0 Å². The fourth-order valence-electron chi connectivity index (χ4n) is 1.43. The normalized spacial score (nSPS) is 12.8. The summed E-state index contributed by atoms with van der Waals surface area (Å²) in [6.07, 6.45) is 0. The molecule has 0 heterocycles. The molecule has 2 rings (SSSR count). The fourth-order valence-corrected chi connectivity index (χ4v) is 4.08. The minimum absolute atomic E-state index is 0.139. The van der Waals surface area contributed by atoms with Gasteiger partial charge in [-0.25, -0.2) is 12.6 Å². The molecule has 2 aromatic carbocycles. The molecule has 0 saturated heterocycles. The van der Waals surface area contributed by atoms with Crippen molar-refractivity contribution in [3.8, 4) is 5.75 Å². The molecule has 0 saturated carbocycles. The van der Waals surface area contributed by atoms with Gasteiger partial charge in [0.2, 0.25) is 11.1 Å². The quantitative estimate of drug-likeness (QED) is 0.848. The van der Waals surface area contributed by atoms with E-state index in [4.69, 9.17) is 4.18 Å². The molecule has 0 N–H and O–H groups in total. The Morgan fingerprint density at radius 3 is 2.00 bits per heavy atom. The standard InChI is InChI=1S/C13H12O4S2/c14-18(17-12-7-3-1-4-8-12)11-19(15,16)13-9-5-2-6-10-13/h1-10H,11H2. The molecule has 1 unspecified atom stereocenters. The Bertz CT molecular complexity index is 652. The van der Waals surface area contributed by atoms with E-state index in [9.17, 15) is 12.6 Å². The highest BCUT2D eigenvalue weighted by Gasteiger charge is 2.19. The largest absolute Gasteiger partial charge is 0.400 e. The first-order valence-electron chi connectivity index (χ1n) is 5.47. The van der Waals surface area contributed by atoms with E-state index in [-0.39, 0.29) is 4.90 Å². The molecular formula is C13H12O4S2. The molecular weight excluding hydrogens is 284 g/mol. The monoisotopic (exact) mass is 296 g/mol. The third-order valence-electron chi connectivity index (χ3n) is 2.29. The first-order chi connectivity index (χ1) is 9.08. The zero-order chi connectivity index (χ0) is 13.7. The second kappa shape index (κ2) is 5.99. The molecule has 0 spiro atoms. The van der Waals surface area contributed by atoms with Crippen LogP contribution in [0.25, 0.3) is 0 Å². The Balaban J connectivity index is 2.07. The van der Waals surface area contributed by atoms with Gasteiger partial charge in [-0.15, -0.1) is 0 Å². The van der Waals surface area contributed by atoms with Gasteiger partial charge in [0.1, 0.15) is 5.75 Å². The maximum absolute atomic E-state index is 12.0. The minimum atomic E-state index is -3.60. The van der Waals surface area contributed by atoms with Crippen molar-refractivity contribution >= 4 is 20.9 Å². The van der Waals surface area contributed by atoms with E-state index in [0.717, 1.165) is 0 Å². The van der Waals surface area contributed by atoms with Crippen molar-refractivity contribution in [2.75, 3.05) is 5.08 Å². The first-order valence-corrected chi connectivity index (χ1v) is 8.37. The van der Waals surface area contributed by atoms with Gasteiger partial charge < -0.3 is 4.18 Å². The van der Waals surface area contributed by atoms with Gasteiger partial charge in [-0.05, 0) is 24.3 Å². The molecule has 0 radical (unpaired) electrons. The van der Waals surface area contributed by atoms with Gasteiger partial charge in [0.15, 0.2) is 14.9 Å². The van der Waals surface area contributed by atoms with E-state index in [1.54, 1.807) is 48.5 Å². The van der Waals surface area contributed by atoms with Crippen molar-refractivity contribution in [3.63, 3.8) is 0 Å². The van der Waals surface area contributed by atoms with Gasteiger partial charge in [-0.2, -0.15) is 0 Å². The van der Waals surface area contributed by atoms with Crippen molar-refractivity contribution in [3.05, 3.63) is 60.7 Å². The number of benzene rings is 2. The van der Waals surface area contributed by atoms with Crippen LogP contribution in [0, 0.1) is 0 Å². The second-order valence-corrected chi connectivity index (χ2v) is 7.16. The molecule has 0 aliphatic rings. The van der Waals surface area contributed by atoms with Crippen LogP contribution in [0.1, 0.15) is 0 Å². The fraction of sp³-hybridized carbons (Fsp3) is 0.0769. The highest BCUT2D eigenvalue weighted by molar-refractivity contribution is 8.03. The molecule has 1 atom stereocenters. The van der Waals surface area contributed by atoms with E-state index < -0.39 is 26.0 Å². The molecule has 0 bridgehead atoms. The van der Waals surface area contributed by atoms with E-state index in [1.165, 1.54) is 12.1 Å². The van der Waals surface area contributed by atoms with Crippen LogP contribution in [0.5, 0.6) is 5.75 Å². The second-order valence-electron chi connectivity index (χ2n) is 3.75. The smallest absolute Gasteiger partial charge is 0.222 e. The average Bonchev–Trinajstić information content (AvgIpc) is 2.40. The van der Waals surface area contributed by atoms with E-state index in [1.807, 2.05) is 0 Å². The average molecular weight is 296 g/mol. The molecule has 0 aliphatic carbocycles. The van der Waals surface area contributed by atoms with Gasteiger partial charge >= 0.3 is 0 Å². The predicted octanol–water partition coefficient (Wildman–Crippen LogP) is 2.16. The Labute approximate surface area is 114 Å². The van der Waals surface area contributed by atoms with Crippen LogP contribution >= 0.6 is 0 Å². The van der Waals surface area contributed by atoms with Crippen molar-refractivity contribution in [2.24, 2.45) is 0 Å². The lowest BCUT2D eigenvalue weighted by Crippen LogP contribution is -2.15. The van der Waals surface area contributed by atoms with Gasteiger partial charge in [0.25, 0.3) is 0 Å². The van der Waals surface area contributed by atoms with Crippen LogP contribution in [0.3, 0.4) is 0 Å². The van der Waals surface area contributed by atoms with Crippen LogP contribution in [0.2, 0.25) is 0 Å². The number of hydrogen-bond acceptors (Lipinski definition) is 4. The Kier molecular flexibility index (Phi) is 4.34. The number of para-hydroxylation sites is 1. The third-order valence-corrected chi connectivity index (χ3v) is 5.67. The number of hydrogen-bond donors (Lipinski definition) is 0. The zero-order valence-electron chi connectivity index (χ0n) is 9.93. The summed E-state index contributed by atoms with van der Waals surface area (Å²) < 4.78 is 40.7. The summed E-state index contributed by atoms with van der Waals surface area (Å²) in [5, 5.41) is -0.564. The van der Waals surface area contributed by atoms with Crippen molar-refractivity contribution in [2.45, 2.75) is 4.90 Å². The maximum atomic E-state index is 12.0. The minimum Gasteiger partial charge on any atom is -0.400 e. The van der Waals surface area contributed by atoms with Gasteiger partial charge in [-0.1, -0.05) is 36.4 Å². The topological polar surface area (TPSA) is 60.4 Å². The zero-order valence-corrected chi connectivity index (χ0v) is 11.6. The molecule has 19 heavy (non-hydrogen) atoms. The van der Waals surface area contributed by atoms with Gasteiger partial charge in [0, 0.05) is 0 Å². The van der Waals surface area contributed by atoms with Crippen molar-refractivity contribution < 1.29 is 16.8 Å². The summed E-state index contributed by atoms with van der Waals surface area (Å²) in [5.41, 5.74) is 0. The van der Waals surface area contributed by atoms with Crippen molar-refractivity contribution in [1.29, 1.82) is 0 Å². The maximum Gasteiger partial charge on any atom is 0.222 e. The number of sulfone groups is 1. The summed E-state index contributed by atoms with van der Waals surface area (Å²) in [5.74, 6) is 0.379. The third kappa shape index (κ3) is 3.90. The Morgan fingerprint density at radius 1 is 0.895 bits per heavy atom. The summed E-state index contributed by atoms with van der Waals surface area (Å²) in [6.45, 7) is 0. The van der Waals surface area contributed by atoms with Gasteiger partial charge in [-0.3, -0.25) is 0 Å². The molecule has 100 valence electrons. The lowest BCUT2D eigenvalue weighted by molar-refractivity contribution is 0.562. The molecule has 0 aromatic heterocycles. The summed E-state index contributed by atoms with van der Waals surface area (Å²) >= 11 is -1.93. The van der Waals surface area contributed by atoms with E-state index in [2.05, 4.69) is 0 Å². The lowest BCUT2D eigenvalue weighted by Gasteiger charge is -2.05. The highest BCUT2D eigenvalue weighted by Crippen LogP contribution is 2.14. The Morgan fingerprint density at radius 2 is 1.42 bits per heavy atom. The van der Waals surface area contributed by atoms with Crippen LogP contribution in [-0.4, -0.2) is 17.7 Å². The van der Waals surface area contributed by atoms with E-state index >= 15 is 0 Å². The van der Waals surface area contributed by atoms with Crippen molar-refractivity contribution in [1.82, 2.24) is 0 Å².